The van der Waals surface area contributed by atoms with Crippen molar-refractivity contribution in [3.8, 4) is 5.69 Å². The quantitative estimate of drug-likeness (QED) is 0.384. The Balaban J connectivity index is 1.41. The van der Waals surface area contributed by atoms with Gasteiger partial charge in [-0.05, 0) is 59.2 Å². The summed E-state index contributed by atoms with van der Waals surface area (Å²) < 4.78 is 3.33. The second-order valence-electron chi connectivity index (χ2n) is 7.05. The molecular weight excluding hydrogens is 469 g/mol. The van der Waals surface area contributed by atoms with E-state index in [9.17, 15) is 4.79 Å². The predicted octanol–water partition coefficient (Wildman–Crippen LogP) is 4.56. The van der Waals surface area contributed by atoms with Crippen LogP contribution in [0.1, 0.15) is 16.7 Å². The molecule has 0 radical (unpaired) electrons. The number of aromatic nitrogens is 6. The molecule has 0 bridgehead atoms. The Bertz CT molecular complexity index is 1270. The smallest absolute Gasteiger partial charge is 0.235 e. The second-order valence-corrected chi connectivity index (χ2v) is 8.81. The maximum atomic E-state index is 12.6. The fraction of sp³-hybridized carbons (Fsp3) is 0.190. The van der Waals surface area contributed by atoms with Crippen LogP contribution in [0, 0.1) is 13.8 Å². The molecule has 32 heavy (non-hydrogen) atoms. The van der Waals surface area contributed by atoms with Gasteiger partial charge in [-0.3, -0.25) is 4.79 Å². The van der Waals surface area contributed by atoms with Crippen LogP contribution < -0.4 is 5.32 Å². The molecule has 2 heterocycles. The highest BCUT2D eigenvalue weighted by molar-refractivity contribution is 7.99. The number of hydrogen-bond acceptors (Lipinski definition) is 6. The molecule has 1 amide bonds. The molecule has 164 valence electrons. The van der Waals surface area contributed by atoms with Crippen molar-refractivity contribution in [3.05, 3.63) is 75.4 Å². The van der Waals surface area contributed by atoms with E-state index in [4.69, 9.17) is 23.2 Å². The van der Waals surface area contributed by atoms with Gasteiger partial charge in [0.1, 0.15) is 5.82 Å². The zero-order valence-electron chi connectivity index (χ0n) is 17.3. The van der Waals surface area contributed by atoms with Gasteiger partial charge in [0, 0.05) is 6.07 Å². The molecule has 0 fully saturated rings. The summed E-state index contributed by atoms with van der Waals surface area (Å²) in [5.74, 6) is 0.528. The van der Waals surface area contributed by atoms with E-state index in [0.29, 0.717) is 27.6 Å². The maximum absolute atomic E-state index is 12.6. The maximum Gasteiger partial charge on any atom is 0.235 e. The lowest BCUT2D eigenvalue weighted by Gasteiger charge is -2.11. The second kappa shape index (κ2) is 9.72. The standard InChI is InChI=1S/C21H19Cl2N7OS/c1-13-4-3-5-18(14(13)2)30-21(26-27-28-30)32-12-20(31)25-19-8-9-24-29(19)11-15-6-7-16(22)17(23)10-15/h3-10H,11-12H2,1-2H3,(H,25,31). The number of aryl methyl sites for hydroxylation is 1. The van der Waals surface area contributed by atoms with Gasteiger partial charge in [-0.2, -0.15) is 9.78 Å². The van der Waals surface area contributed by atoms with Crippen LogP contribution in [0.4, 0.5) is 5.82 Å². The number of amides is 1. The van der Waals surface area contributed by atoms with Crippen molar-refractivity contribution >= 4 is 46.7 Å². The monoisotopic (exact) mass is 487 g/mol. The molecule has 4 aromatic rings. The average Bonchev–Trinajstić information content (AvgIpc) is 3.41. The first-order valence-corrected chi connectivity index (χ1v) is 11.4. The lowest BCUT2D eigenvalue weighted by Crippen LogP contribution is -2.18. The Hall–Kier alpha value is -2.88. The minimum atomic E-state index is -0.193. The first-order valence-electron chi connectivity index (χ1n) is 9.65. The van der Waals surface area contributed by atoms with Gasteiger partial charge in [-0.1, -0.05) is 53.2 Å². The zero-order valence-corrected chi connectivity index (χ0v) is 19.6. The molecule has 2 aromatic heterocycles. The summed E-state index contributed by atoms with van der Waals surface area (Å²) in [6.07, 6.45) is 1.63. The van der Waals surface area contributed by atoms with Gasteiger partial charge in [0.15, 0.2) is 0 Å². The van der Waals surface area contributed by atoms with E-state index in [0.717, 1.165) is 22.4 Å². The van der Waals surface area contributed by atoms with E-state index in [1.165, 1.54) is 11.8 Å². The summed E-state index contributed by atoms with van der Waals surface area (Å²) in [4.78, 5) is 12.6. The van der Waals surface area contributed by atoms with Gasteiger partial charge >= 0.3 is 0 Å². The largest absolute Gasteiger partial charge is 0.310 e. The van der Waals surface area contributed by atoms with Crippen LogP contribution >= 0.6 is 35.0 Å². The van der Waals surface area contributed by atoms with Crippen molar-refractivity contribution in [2.24, 2.45) is 0 Å². The number of anilines is 1. The molecule has 0 unspecified atom stereocenters. The molecule has 4 rings (SSSR count). The average molecular weight is 488 g/mol. The van der Waals surface area contributed by atoms with Crippen molar-refractivity contribution < 1.29 is 4.79 Å². The third-order valence-electron chi connectivity index (χ3n) is 4.88. The van der Waals surface area contributed by atoms with Crippen molar-refractivity contribution in [2.75, 3.05) is 11.1 Å². The van der Waals surface area contributed by atoms with E-state index in [1.54, 1.807) is 33.8 Å². The highest BCUT2D eigenvalue weighted by Gasteiger charge is 2.15. The van der Waals surface area contributed by atoms with Gasteiger partial charge in [0.05, 0.1) is 34.2 Å². The molecule has 8 nitrogen and oxygen atoms in total. The van der Waals surface area contributed by atoms with Crippen LogP contribution in [0.25, 0.3) is 5.69 Å². The number of carbonyl (C=O) groups excluding carboxylic acids is 1. The minimum absolute atomic E-state index is 0.142. The van der Waals surface area contributed by atoms with E-state index < -0.39 is 0 Å². The fourth-order valence-corrected chi connectivity index (χ4v) is 4.07. The van der Waals surface area contributed by atoms with Crippen LogP contribution in [-0.2, 0) is 11.3 Å². The van der Waals surface area contributed by atoms with Crippen LogP contribution in [0.15, 0.2) is 53.8 Å². The van der Waals surface area contributed by atoms with Gasteiger partial charge in [-0.25, -0.2) is 4.68 Å². The SMILES string of the molecule is Cc1cccc(-n2nnnc2SCC(=O)Nc2ccnn2Cc2ccc(Cl)c(Cl)c2)c1C. The molecule has 1 N–H and O–H groups in total. The number of nitrogens with one attached hydrogen (secondary N) is 1. The summed E-state index contributed by atoms with van der Waals surface area (Å²) in [5.41, 5.74) is 4.03. The number of rotatable bonds is 7. The van der Waals surface area contributed by atoms with Crippen LogP contribution in [0.2, 0.25) is 10.0 Å². The molecule has 0 saturated carbocycles. The van der Waals surface area contributed by atoms with E-state index in [1.807, 2.05) is 38.1 Å². The Morgan fingerprint density at radius 1 is 1.12 bits per heavy atom. The predicted molar refractivity (Wildman–Crippen MR) is 126 cm³/mol. The van der Waals surface area contributed by atoms with E-state index in [-0.39, 0.29) is 11.7 Å². The summed E-state index contributed by atoms with van der Waals surface area (Å²) in [5, 5.41) is 20.6. The number of benzene rings is 2. The van der Waals surface area contributed by atoms with Crippen molar-refractivity contribution in [1.29, 1.82) is 0 Å². The molecule has 11 heteroatoms. The Kier molecular flexibility index (Phi) is 6.78. The van der Waals surface area contributed by atoms with Crippen LogP contribution in [0.3, 0.4) is 0 Å². The minimum Gasteiger partial charge on any atom is -0.310 e. The van der Waals surface area contributed by atoms with Gasteiger partial charge in [0.2, 0.25) is 11.1 Å². The number of tetrazole rings is 1. The third kappa shape index (κ3) is 4.95. The van der Waals surface area contributed by atoms with E-state index >= 15 is 0 Å². The van der Waals surface area contributed by atoms with Gasteiger partial charge in [-0.15, -0.1) is 5.10 Å². The highest BCUT2D eigenvalue weighted by atomic mass is 35.5. The molecule has 0 spiro atoms. The Morgan fingerprint density at radius 2 is 1.97 bits per heavy atom. The Morgan fingerprint density at radius 3 is 2.78 bits per heavy atom. The topological polar surface area (TPSA) is 90.5 Å². The third-order valence-corrected chi connectivity index (χ3v) is 6.54. The molecule has 2 aromatic carbocycles. The lowest BCUT2D eigenvalue weighted by molar-refractivity contribution is -0.113. The fourth-order valence-electron chi connectivity index (χ4n) is 3.07. The van der Waals surface area contributed by atoms with E-state index in [2.05, 4.69) is 25.9 Å². The van der Waals surface area contributed by atoms with Crippen LogP contribution in [-0.4, -0.2) is 41.6 Å². The molecule has 0 aliphatic carbocycles. The molecular formula is C21H19Cl2N7OS. The van der Waals surface area contributed by atoms with Gasteiger partial charge < -0.3 is 5.32 Å². The first-order chi connectivity index (χ1) is 15.4. The molecule has 0 aliphatic rings. The lowest BCUT2D eigenvalue weighted by atomic mass is 10.1. The molecule has 0 atom stereocenters. The van der Waals surface area contributed by atoms with Crippen molar-refractivity contribution in [1.82, 2.24) is 30.0 Å². The normalized spacial score (nSPS) is 11.0. The van der Waals surface area contributed by atoms with Crippen molar-refractivity contribution in [3.63, 3.8) is 0 Å². The van der Waals surface area contributed by atoms with Crippen molar-refractivity contribution in [2.45, 2.75) is 25.5 Å². The summed E-state index contributed by atoms with van der Waals surface area (Å²) in [6, 6.07) is 13.0. The first kappa shape index (κ1) is 22.3. The van der Waals surface area contributed by atoms with Crippen LogP contribution in [0.5, 0.6) is 0 Å². The zero-order chi connectivity index (χ0) is 22.7. The summed E-state index contributed by atoms with van der Waals surface area (Å²) in [7, 11) is 0. The van der Waals surface area contributed by atoms with Gasteiger partial charge in [0.25, 0.3) is 0 Å². The molecule has 0 aliphatic heterocycles. The Labute approximate surface area is 198 Å². The molecule has 0 saturated heterocycles. The number of thioether (sulfide) groups is 1. The number of nitrogens with zero attached hydrogens (tertiary/aromatic N) is 6. The highest BCUT2D eigenvalue weighted by Crippen LogP contribution is 2.24. The number of carbonyl (C=O) groups is 1. The number of halogens is 2. The summed E-state index contributed by atoms with van der Waals surface area (Å²) in [6.45, 7) is 4.49. The summed E-state index contributed by atoms with van der Waals surface area (Å²) >= 11 is 13.3. The number of hydrogen-bond donors (Lipinski definition) is 1.